The van der Waals surface area contributed by atoms with Gasteiger partial charge in [0.05, 0.1) is 11.4 Å². The van der Waals surface area contributed by atoms with Gasteiger partial charge in [0.15, 0.2) is 5.96 Å². The van der Waals surface area contributed by atoms with Gasteiger partial charge in [0.25, 0.3) is 0 Å². The number of nitrogens with one attached hydrogen (secondary N) is 2. The summed E-state index contributed by atoms with van der Waals surface area (Å²) in [4.78, 5) is 5.98. The van der Waals surface area contributed by atoms with Crippen molar-refractivity contribution >= 4 is 51.7 Å². The minimum atomic E-state index is -3.71. The maximum absolute atomic E-state index is 11.5. The highest BCUT2D eigenvalue weighted by molar-refractivity contribution is 14.0. The Bertz CT molecular complexity index is 933. The van der Waals surface area contributed by atoms with Gasteiger partial charge in [0.1, 0.15) is 0 Å². The molecule has 1 aliphatic carbocycles. The summed E-state index contributed by atoms with van der Waals surface area (Å²) in [7, 11) is -3.71. The summed E-state index contributed by atoms with van der Waals surface area (Å²) >= 11 is 1.91. The van der Waals surface area contributed by atoms with Crippen molar-refractivity contribution in [2.24, 2.45) is 10.1 Å². The molecule has 2 aromatic rings. The number of primary sulfonamides is 1. The Morgan fingerprint density at radius 3 is 2.48 bits per heavy atom. The van der Waals surface area contributed by atoms with Gasteiger partial charge >= 0.3 is 0 Å². The van der Waals surface area contributed by atoms with Crippen molar-refractivity contribution in [3.05, 3.63) is 60.2 Å². The molecule has 0 amide bonds. The molecule has 6 nitrogen and oxygen atoms in total. The highest BCUT2D eigenvalue weighted by atomic mass is 127. The number of guanidine groups is 1. The standard InChI is InChI=1S/C20H26N4O2S2.HI/c1-2-22-19(23-14-16-7-6-10-18(13-16)28(21,25)26)24-15-20(11-12-20)27-17-8-4-3-5-9-17;/h3-10,13H,2,11-12,14-15H2,1H3,(H2,21,25,26)(H2,22,23,24);1H. The van der Waals surface area contributed by atoms with E-state index in [2.05, 4.69) is 39.9 Å². The van der Waals surface area contributed by atoms with Crippen LogP contribution in [0.1, 0.15) is 25.3 Å². The molecular weight excluding hydrogens is 519 g/mol. The van der Waals surface area contributed by atoms with E-state index in [0.29, 0.717) is 6.54 Å². The number of halogens is 1. The van der Waals surface area contributed by atoms with Gasteiger partial charge in [-0.05, 0) is 49.6 Å². The highest BCUT2D eigenvalue weighted by Gasteiger charge is 2.43. The zero-order chi connectivity index (χ0) is 20.0. The van der Waals surface area contributed by atoms with Gasteiger partial charge in [-0.25, -0.2) is 18.5 Å². The second-order valence-electron chi connectivity index (χ2n) is 6.84. The van der Waals surface area contributed by atoms with E-state index in [1.807, 2.05) is 30.8 Å². The average Bonchev–Trinajstić information content (AvgIpc) is 3.44. The molecule has 3 rings (SSSR count). The highest BCUT2D eigenvalue weighted by Crippen LogP contribution is 2.51. The molecule has 158 valence electrons. The molecule has 0 atom stereocenters. The summed E-state index contributed by atoms with van der Waals surface area (Å²) in [5.41, 5.74) is 0.795. The number of thioether (sulfide) groups is 1. The van der Waals surface area contributed by atoms with Crippen molar-refractivity contribution in [1.29, 1.82) is 0 Å². The lowest BCUT2D eigenvalue weighted by Gasteiger charge is -2.18. The molecule has 0 heterocycles. The van der Waals surface area contributed by atoms with Gasteiger partial charge in [0.2, 0.25) is 10.0 Å². The van der Waals surface area contributed by atoms with Crippen molar-refractivity contribution in [2.75, 3.05) is 13.1 Å². The van der Waals surface area contributed by atoms with Crippen LogP contribution in [0.2, 0.25) is 0 Å². The summed E-state index contributed by atoms with van der Waals surface area (Å²) in [5.74, 6) is 0.725. The maximum atomic E-state index is 11.5. The molecule has 4 N–H and O–H groups in total. The van der Waals surface area contributed by atoms with Gasteiger partial charge < -0.3 is 10.6 Å². The van der Waals surface area contributed by atoms with Crippen molar-refractivity contribution in [1.82, 2.24) is 10.6 Å². The van der Waals surface area contributed by atoms with E-state index in [9.17, 15) is 8.42 Å². The summed E-state index contributed by atoms with van der Waals surface area (Å²) in [6.45, 7) is 3.97. The van der Waals surface area contributed by atoms with Crippen molar-refractivity contribution < 1.29 is 8.42 Å². The van der Waals surface area contributed by atoms with Crippen LogP contribution in [0.5, 0.6) is 0 Å². The van der Waals surface area contributed by atoms with Gasteiger partial charge in [-0.1, -0.05) is 30.3 Å². The quantitative estimate of drug-likeness (QED) is 0.268. The lowest BCUT2D eigenvalue weighted by atomic mass is 10.2. The van der Waals surface area contributed by atoms with Crippen LogP contribution in [-0.2, 0) is 16.6 Å². The van der Waals surface area contributed by atoms with Crippen LogP contribution in [0.15, 0.2) is 69.4 Å². The fourth-order valence-corrected chi connectivity index (χ4v) is 4.60. The largest absolute Gasteiger partial charge is 0.357 e. The number of rotatable bonds is 8. The zero-order valence-electron chi connectivity index (χ0n) is 16.3. The third kappa shape index (κ3) is 7.47. The van der Waals surface area contributed by atoms with E-state index in [0.717, 1.165) is 24.6 Å². The lowest BCUT2D eigenvalue weighted by molar-refractivity contribution is 0.597. The smallest absolute Gasteiger partial charge is 0.238 e. The third-order valence-electron chi connectivity index (χ3n) is 4.45. The minimum absolute atomic E-state index is 0. The van der Waals surface area contributed by atoms with Crippen molar-refractivity contribution in [3.63, 3.8) is 0 Å². The monoisotopic (exact) mass is 546 g/mol. The Balaban J connectivity index is 0.00000300. The van der Waals surface area contributed by atoms with Crippen LogP contribution < -0.4 is 15.8 Å². The maximum Gasteiger partial charge on any atom is 0.238 e. The van der Waals surface area contributed by atoms with E-state index < -0.39 is 10.0 Å². The Morgan fingerprint density at radius 2 is 1.86 bits per heavy atom. The average molecular weight is 547 g/mol. The fourth-order valence-electron chi connectivity index (χ4n) is 2.77. The molecular formula is C20H27IN4O2S2. The molecule has 0 radical (unpaired) electrons. The Labute approximate surface area is 194 Å². The van der Waals surface area contributed by atoms with E-state index in [1.165, 1.54) is 23.8 Å². The SMILES string of the molecule is CCNC(=NCc1cccc(S(N)(=O)=O)c1)NCC1(Sc2ccccc2)CC1.I. The first-order valence-corrected chi connectivity index (χ1v) is 11.6. The minimum Gasteiger partial charge on any atom is -0.357 e. The van der Waals surface area contributed by atoms with Crippen LogP contribution in [-0.4, -0.2) is 32.2 Å². The Hall–Kier alpha value is -1.30. The predicted molar refractivity (Wildman–Crippen MR) is 130 cm³/mol. The Kier molecular flexibility index (Phi) is 8.80. The van der Waals surface area contributed by atoms with Crippen molar-refractivity contribution in [3.8, 4) is 0 Å². The molecule has 1 aliphatic rings. The van der Waals surface area contributed by atoms with E-state index in [-0.39, 0.29) is 33.6 Å². The summed E-state index contributed by atoms with van der Waals surface area (Å²) < 4.78 is 23.2. The van der Waals surface area contributed by atoms with Crippen LogP contribution in [0.3, 0.4) is 0 Å². The first kappa shape index (κ1) is 24.0. The lowest BCUT2D eigenvalue weighted by Crippen LogP contribution is -2.41. The first-order valence-electron chi connectivity index (χ1n) is 9.28. The molecule has 0 unspecified atom stereocenters. The van der Waals surface area contributed by atoms with E-state index in [1.54, 1.807) is 12.1 Å². The van der Waals surface area contributed by atoms with Gasteiger partial charge in [0, 0.05) is 22.7 Å². The molecule has 1 saturated carbocycles. The summed E-state index contributed by atoms with van der Waals surface area (Å²) in [6, 6.07) is 17.0. The van der Waals surface area contributed by atoms with Crippen LogP contribution in [0.4, 0.5) is 0 Å². The van der Waals surface area contributed by atoms with Gasteiger partial charge in [-0.2, -0.15) is 0 Å². The van der Waals surface area contributed by atoms with Crippen molar-refractivity contribution in [2.45, 2.75) is 40.8 Å². The molecule has 1 fully saturated rings. The fraction of sp³-hybridized carbons (Fsp3) is 0.350. The Morgan fingerprint density at radius 1 is 1.14 bits per heavy atom. The van der Waals surface area contributed by atoms with Crippen LogP contribution in [0, 0.1) is 0 Å². The molecule has 0 aromatic heterocycles. The number of nitrogens with two attached hydrogens (primary N) is 1. The van der Waals surface area contributed by atoms with Gasteiger partial charge in [-0.3, -0.25) is 0 Å². The summed E-state index contributed by atoms with van der Waals surface area (Å²) in [5, 5.41) is 11.9. The van der Waals surface area contributed by atoms with E-state index in [4.69, 9.17) is 5.14 Å². The molecule has 0 spiro atoms. The summed E-state index contributed by atoms with van der Waals surface area (Å²) in [6.07, 6.45) is 2.35. The second kappa shape index (κ2) is 10.6. The topological polar surface area (TPSA) is 96.6 Å². The predicted octanol–water partition coefficient (Wildman–Crippen LogP) is 3.33. The number of hydrogen-bond donors (Lipinski definition) is 3. The second-order valence-corrected chi connectivity index (χ2v) is 9.94. The van der Waals surface area contributed by atoms with Crippen LogP contribution in [0.25, 0.3) is 0 Å². The molecule has 0 bridgehead atoms. The number of benzene rings is 2. The van der Waals surface area contributed by atoms with Gasteiger partial charge in [-0.15, -0.1) is 35.7 Å². The number of hydrogen-bond acceptors (Lipinski definition) is 4. The van der Waals surface area contributed by atoms with Crippen LogP contribution >= 0.6 is 35.7 Å². The third-order valence-corrected chi connectivity index (χ3v) is 6.86. The zero-order valence-corrected chi connectivity index (χ0v) is 20.3. The normalized spacial score (nSPS) is 15.3. The molecule has 0 saturated heterocycles. The first-order chi connectivity index (χ1) is 13.4. The molecule has 9 heteroatoms. The number of nitrogens with zero attached hydrogens (tertiary/aromatic N) is 1. The molecule has 0 aliphatic heterocycles. The molecule has 29 heavy (non-hydrogen) atoms. The number of aliphatic imine (C=N–C) groups is 1. The number of sulfonamides is 1. The van der Waals surface area contributed by atoms with E-state index >= 15 is 0 Å². The molecule has 2 aromatic carbocycles.